The highest BCUT2D eigenvalue weighted by Crippen LogP contribution is 2.24. The highest BCUT2D eigenvalue weighted by Gasteiger charge is 2.25. The molecule has 0 aliphatic carbocycles. The molecule has 0 aromatic carbocycles. The third-order valence-corrected chi connectivity index (χ3v) is 5.53. The van der Waals surface area contributed by atoms with E-state index in [1.165, 1.54) is 11.3 Å². The first kappa shape index (κ1) is 19.3. The number of thiazole rings is 1. The zero-order valence-electron chi connectivity index (χ0n) is 16.7. The maximum absolute atomic E-state index is 12.9. The SMILES string of the molecule is CCOc1cc(C)nc(N2CCN(C(=O)c3csc(-c4cnn(C)c4)n3)CC2)n1. The van der Waals surface area contributed by atoms with E-state index in [1.54, 1.807) is 10.9 Å². The van der Waals surface area contributed by atoms with Gasteiger partial charge in [-0.15, -0.1) is 11.3 Å². The molecule has 4 rings (SSSR count). The van der Waals surface area contributed by atoms with Crippen molar-refractivity contribution in [3.05, 3.63) is 35.2 Å². The number of rotatable bonds is 5. The quantitative estimate of drug-likeness (QED) is 0.632. The van der Waals surface area contributed by atoms with Crippen LogP contribution in [0.15, 0.2) is 23.8 Å². The molecule has 0 N–H and O–H groups in total. The number of aryl methyl sites for hydroxylation is 2. The molecule has 3 aromatic heterocycles. The van der Waals surface area contributed by atoms with Gasteiger partial charge in [0.1, 0.15) is 10.7 Å². The maximum atomic E-state index is 12.9. The molecule has 0 atom stereocenters. The number of hydrogen-bond donors (Lipinski definition) is 0. The van der Waals surface area contributed by atoms with Crippen LogP contribution in [0.25, 0.3) is 10.6 Å². The van der Waals surface area contributed by atoms with Gasteiger partial charge in [0.25, 0.3) is 5.91 Å². The van der Waals surface area contributed by atoms with Crippen molar-refractivity contribution in [2.75, 3.05) is 37.7 Å². The smallest absolute Gasteiger partial charge is 0.273 e. The summed E-state index contributed by atoms with van der Waals surface area (Å²) >= 11 is 1.46. The zero-order chi connectivity index (χ0) is 20.4. The van der Waals surface area contributed by atoms with Gasteiger partial charge in [-0.2, -0.15) is 10.1 Å². The predicted octanol–water partition coefficient (Wildman–Crippen LogP) is 2.00. The highest BCUT2D eigenvalue weighted by atomic mass is 32.1. The van der Waals surface area contributed by atoms with Gasteiger partial charge in [0.05, 0.1) is 12.8 Å². The van der Waals surface area contributed by atoms with E-state index in [0.717, 1.165) is 16.3 Å². The summed E-state index contributed by atoms with van der Waals surface area (Å²) in [4.78, 5) is 30.3. The van der Waals surface area contributed by atoms with Gasteiger partial charge in [0.2, 0.25) is 11.8 Å². The largest absolute Gasteiger partial charge is 0.478 e. The van der Waals surface area contributed by atoms with Crippen LogP contribution in [0.1, 0.15) is 23.1 Å². The molecule has 29 heavy (non-hydrogen) atoms. The molecule has 0 unspecified atom stereocenters. The number of nitrogens with zero attached hydrogens (tertiary/aromatic N) is 7. The van der Waals surface area contributed by atoms with Crippen LogP contribution in [0, 0.1) is 6.92 Å². The van der Waals surface area contributed by atoms with Gasteiger partial charge in [-0.3, -0.25) is 9.48 Å². The molecule has 4 heterocycles. The molecule has 1 aliphatic heterocycles. The monoisotopic (exact) mass is 413 g/mol. The van der Waals surface area contributed by atoms with E-state index in [9.17, 15) is 4.79 Å². The summed E-state index contributed by atoms with van der Waals surface area (Å²) in [5.41, 5.74) is 2.26. The Morgan fingerprint density at radius 2 is 2.00 bits per heavy atom. The van der Waals surface area contributed by atoms with Crippen LogP contribution in [-0.2, 0) is 7.05 Å². The lowest BCUT2D eigenvalue weighted by Crippen LogP contribution is -2.49. The van der Waals surface area contributed by atoms with Crippen LogP contribution in [0.4, 0.5) is 5.95 Å². The van der Waals surface area contributed by atoms with Crippen molar-refractivity contribution in [3.63, 3.8) is 0 Å². The summed E-state index contributed by atoms with van der Waals surface area (Å²) in [6, 6.07) is 1.83. The second-order valence-electron chi connectivity index (χ2n) is 6.80. The summed E-state index contributed by atoms with van der Waals surface area (Å²) < 4.78 is 7.24. The van der Waals surface area contributed by atoms with Gasteiger partial charge in [-0.05, 0) is 13.8 Å². The van der Waals surface area contributed by atoms with Crippen LogP contribution >= 0.6 is 11.3 Å². The summed E-state index contributed by atoms with van der Waals surface area (Å²) in [5.74, 6) is 1.18. The van der Waals surface area contributed by atoms with E-state index < -0.39 is 0 Å². The van der Waals surface area contributed by atoms with E-state index in [0.29, 0.717) is 50.3 Å². The molecular formula is C19H23N7O2S. The normalized spacial score (nSPS) is 14.3. The number of carbonyl (C=O) groups is 1. The number of piperazine rings is 1. The number of ether oxygens (including phenoxy) is 1. The van der Waals surface area contributed by atoms with Crippen molar-refractivity contribution in [1.29, 1.82) is 0 Å². The van der Waals surface area contributed by atoms with E-state index in [2.05, 4.69) is 25.0 Å². The second kappa shape index (κ2) is 8.16. The molecule has 0 saturated carbocycles. The number of carbonyl (C=O) groups excluding carboxylic acids is 1. The first-order chi connectivity index (χ1) is 14.0. The van der Waals surface area contributed by atoms with Gasteiger partial charge >= 0.3 is 0 Å². The standard InChI is InChI=1S/C19H23N7O2S/c1-4-28-16-9-13(2)21-19(23-16)26-7-5-25(6-8-26)18(27)15-12-29-17(22-15)14-10-20-24(3)11-14/h9-12H,4-8H2,1-3H3. The molecule has 1 saturated heterocycles. The van der Waals surface area contributed by atoms with E-state index in [4.69, 9.17) is 4.74 Å². The van der Waals surface area contributed by atoms with Crippen LogP contribution < -0.4 is 9.64 Å². The molecule has 0 radical (unpaired) electrons. The first-order valence-corrected chi connectivity index (χ1v) is 10.4. The first-order valence-electron chi connectivity index (χ1n) is 9.50. The summed E-state index contributed by atoms with van der Waals surface area (Å²) in [7, 11) is 1.86. The molecule has 0 spiro atoms. The Labute approximate surface area is 173 Å². The van der Waals surface area contributed by atoms with E-state index in [-0.39, 0.29) is 5.91 Å². The lowest BCUT2D eigenvalue weighted by Gasteiger charge is -2.34. The van der Waals surface area contributed by atoms with Gasteiger partial charge < -0.3 is 14.5 Å². The Morgan fingerprint density at radius 3 is 2.69 bits per heavy atom. The van der Waals surface area contributed by atoms with Crippen LogP contribution in [0.3, 0.4) is 0 Å². The van der Waals surface area contributed by atoms with Crippen LogP contribution in [0.5, 0.6) is 5.88 Å². The molecule has 152 valence electrons. The minimum absolute atomic E-state index is 0.0452. The summed E-state index contributed by atoms with van der Waals surface area (Å²) in [6.45, 7) is 6.95. The molecule has 1 amide bonds. The van der Waals surface area contributed by atoms with Gasteiger partial charge in [-0.25, -0.2) is 9.97 Å². The third-order valence-electron chi connectivity index (χ3n) is 4.64. The summed E-state index contributed by atoms with van der Waals surface area (Å²) in [6.07, 6.45) is 3.65. The molecule has 1 fully saturated rings. The Bertz CT molecular complexity index is 1010. The van der Waals surface area contributed by atoms with Crippen molar-refractivity contribution < 1.29 is 9.53 Å². The number of aromatic nitrogens is 5. The molecule has 10 heteroatoms. The van der Waals surface area contributed by atoms with Crippen molar-refractivity contribution in [2.45, 2.75) is 13.8 Å². The minimum atomic E-state index is -0.0452. The fraction of sp³-hybridized carbons (Fsp3) is 0.421. The number of amides is 1. The molecule has 1 aliphatic rings. The van der Waals surface area contributed by atoms with E-state index in [1.807, 2.05) is 43.4 Å². The highest BCUT2D eigenvalue weighted by molar-refractivity contribution is 7.13. The number of anilines is 1. The van der Waals surface area contributed by atoms with Crippen molar-refractivity contribution in [3.8, 4) is 16.5 Å². The second-order valence-corrected chi connectivity index (χ2v) is 7.66. The van der Waals surface area contributed by atoms with Crippen molar-refractivity contribution in [2.24, 2.45) is 7.05 Å². The van der Waals surface area contributed by atoms with Crippen LogP contribution in [-0.4, -0.2) is 68.3 Å². The van der Waals surface area contributed by atoms with Crippen LogP contribution in [0.2, 0.25) is 0 Å². The van der Waals surface area contributed by atoms with E-state index >= 15 is 0 Å². The zero-order valence-corrected chi connectivity index (χ0v) is 17.5. The lowest BCUT2D eigenvalue weighted by molar-refractivity contribution is 0.0741. The Balaban J connectivity index is 1.41. The van der Waals surface area contributed by atoms with Gasteiger partial charge in [0.15, 0.2) is 0 Å². The minimum Gasteiger partial charge on any atom is -0.478 e. The predicted molar refractivity (Wildman–Crippen MR) is 110 cm³/mol. The third kappa shape index (κ3) is 4.21. The molecule has 0 bridgehead atoms. The Kier molecular flexibility index (Phi) is 5.43. The van der Waals surface area contributed by atoms with Gasteiger partial charge in [0, 0.05) is 62.1 Å². The van der Waals surface area contributed by atoms with Crippen molar-refractivity contribution >= 4 is 23.2 Å². The van der Waals surface area contributed by atoms with Gasteiger partial charge in [-0.1, -0.05) is 0 Å². The fourth-order valence-electron chi connectivity index (χ4n) is 3.20. The molecular weight excluding hydrogens is 390 g/mol. The topological polar surface area (TPSA) is 89.3 Å². The Hall–Kier alpha value is -3.01. The number of hydrogen-bond acceptors (Lipinski definition) is 8. The average Bonchev–Trinajstić information content (AvgIpc) is 3.36. The fourth-order valence-corrected chi connectivity index (χ4v) is 3.96. The maximum Gasteiger partial charge on any atom is 0.273 e. The average molecular weight is 414 g/mol. The summed E-state index contributed by atoms with van der Waals surface area (Å²) in [5, 5.41) is 6.78. The molecule has 3 aromatic rings. The Morgan fingerprint density at radius 1 is 1.21 bits per heavy atom. The molecule has 9 nitrogen and oxygen atoms in total. The van der Waals surface area contributed by atoms with Crippen molar-refractivity contribution in [1.82, 2.24) is 29.6 Å². The lowest BCUT2D eigenvalue weighted by atomic mass is 10.3.